The van der Waals surface area contributed by atoms with Crippen LogP contribution in [0.1, 0.15) is 12.5 Å². The Hall–Kier alpha value is -0.740. The topological polar surface area (TPSA) is 43.1 Å². The molecule has 1 rings (SSSR count). The average molecular weight is 260 g/mol. The molecule has 0 saturated heterocycles. The van der Waals surface area contributed by atoms with Crippen LogP contribution in [0.4, 0.5) is 4.39 Å². The first kappa shape index (κ1) is 11.3. The van der Waals surface area contributed by atoms with Crippen molar-refractivity contribution >= 4 is 21.7 Å². The highest BCUT2D eigenvalue weighted by molar-refractivity contribution is 9.10. The number of Topliss-reactive ketones (excluding diaryl/α,β-unsaturated/α-hetero) is 1. The highest BCUT2D eigenvalue weighted by atomic mass is 79.9. The standard InChI is InChI=1S/C10H11BrFNO/c1-6(13)10(14)5-7-4-8(12)2-3-9(7)11/h2-4,6H,5,13H2,1H3. The van der Waals surface area contributed by atoms with E-state index >= 15 is 0 Å². The molecule has 2 N–H and O–H groups in total. The molecule has 4 heteroatoms. The molecule has 0 aliphatic rings. The largest absolute Gasteiger partial charge is 0.322 e. The average Bonchev–Trinajstić information content (AvgIpc) is 2.11. The Kier molecular flexibility index (Phi) is 3.77. The van der Waals surface area contributed by atoms with Crippen LogP contribution in [-0.4, -0.2) is 11.8 Å². The lowest BCUT2D eigenvalue weighted by molar-refractivity contribution is -0.119. The van der Waals surface area contributed by atoms with Gasteiger partial charge in [-0.05, 0) is 30.7 Å². The van der Waals surface area contributed by atoms with Gasteiger partial charge in [-0.3, -0.25) is 4.79 Å². The summed E-state index contributed by atoms with van der Waals surface area (Å²) in [6, 6.07) is 3.75. The maximum atomic E-state index is 12.8. The molecule has 0 saturated carbocycles. The van der Waals surface area contributed by atoms with Gasteiger partial charge in [0, 0.05) is 10.9 Å². The van der Waals surface area contributed by atoms with E-state index in [1.807, 2.05) is 0 Å². The third-order valence-electron chi connectivity index (χ3n) is 1.88. The first-order chi connectivity index (χ1) is 6.50. The fraction of sp³-hybridized carbons (Fsp3) is 0.300. The van der Waals surface area contributed by atoms with Crippen LogP contribution >= 0.6 is 15.9 Å². The summed E-state index contributed by atoms with van der Waals surface area (Å²) in [5.41, 5.74) is 6.05. The van der Waals surface area contributed by atoms with Crippen molar-refractivity contribution in [3.05, 3.63) is 34.1 Å². The smallest absolute Gasteiger partial charge is 0.153 e. The van der Waals surface area contributed by atoms with Crippen LogP contribution in [0.5, 0.6) is 0 Å². The molecule has 76 valence electrons. The summed E-state index contributed by atoms with van der Waals surface area (Å²) in [7, 11) is 0. The van der Waals surface area contributed by atoms with Crippen LogP contribution < -0.4 is 5.73 Å². The number of halogens is 2. The van der Waals surface area contributed by atoms with Crippen molar-refractivity contribution in [2.75, 3.05) is 0 Å². The fourth-order valence-corrected chi connectivity index (χ4v) is 1.41. The Bertz CT molecular complexity index is 352. The van der Waals surface area contributed by atoms with Gasteiger partial charge in [-0.25, -0.2) is 4.39 Å². The van der Waals surface area contributed by atoms with Gasteiger partial charge in [0.1, 0.15) is 5.82 Å². The molecular weight excluding hydrogens is 249 g/mol. The first-order valence-corrected chi connectivity index (χ1v) is 5.02. The normalized spacial score (nSPS) is 12.6. The molecule has 0 radical (unpaired) electrons. The lowest BCUT2D eigenvalue weighted by atomic mass is 10.1. The van der Waals surface area contributed by atoms with E-state index in [2.05, 4.69) is 15.9 Å². The molecule has 0 heterocycles. The van der Waals surface area contributed by atoms with E-state index in [-0.39, 0.29) is 18.0 Å². The number of hydrogen-bond acceptors (Lipinski definition) is 2. The summed E-state index contributed by atoms with van der Waals surface area (Å²) in [5.74, 6) is -0.447. The molecule has 0 aliphatic heterocycles. The summed E-state index contributed by atoms with van der Waals surface area (Å²) in [6.45, 7) is 1.62. The summed E-state index contributed by atoms with van der Waals surface area (Å²) in [4.78, 5) is 11.3. The molecule has 0 aromatic heterocycles. The molecule has 1 aromatic rings. The zero-order chi connectivity index (χ0) is 10.7. The van der Waals surface area contributed by atoms with E-state index in [1.165, 1.54) is 12.1 Å². The summed E-state index contributed by atoms with van der Waals surface area (Å²) in [6.07, 6.45) is 0.163. The quantitative estimate of drug-likeness (QED) is 0.903. The second-order valence-electron chi connectivity index (χ2n) is 3.17. The van der Waals surface area contributed by atoms with E-state index in [9.17, 15) is 9.18 Å². The van der Waals surface area contributed by atoms with Gasteiger partial charge in [0.2, 0.25) is 0 Å². The summed E-state index contributed by atoms with van der Waals surface area (Å²) < 4.78 is 13.6. The Morgan fingerprint density at radius 1 is 1.64 bits per heavy atom. The molecule has 1 atom stereocenters. The molecule has 0 aliphatic carbocycles. The highest BCUT2D eigenvalue weighted by Crippen LogP contribution is 2.18. The molecule has 1 aromatic carbocycles. The highest BCUT2D eigenvalue weighted by Gasteiger charge is 2.11. The van der Waals surface area contributed by atoms with E-state index < -0.39 is 6.04 Å². The molecule has 14 heavy (non-hydrogen) atoms. The lowest BCUT2D eigenvalue weighted by Gasteiger charge is -2.06. The van der Waals surface area contributed by atoms with E-state index in [1.54, 1.807) is 13.0 Å². The third-order valence-corrected chi connectivity index (χ3v) is 2.65. The number of hydrogen-bond donors (Lipinski definition) is 1. The van der Waals surface area contributed by atoms with Gasteiger partial charge in [-0.1, -0.05) is 15.9 Å². The van der Waals surface area contributed by atoms with Crippen molar-refractivity contribution in [2.24, 2.45) is 5.73 Å². The number of ketones is 1. The molecule has 0 amide bonds. The fourth-order valence-electron chi connectivity index (χ4n) is 1.03. The molecule has 2 nitrogen and oxygen atoms in total. The molecule has 0 bridgehead atoms. The van der Waals surface area contributed by atoms with Crippen LogP contribution in [0, 0.1) is 5.82 Å². The minimum absolute atomic E-state index is 0.101. The minimum atomic E-state index is -0.509. The number of benzene rings is 1. The predicted molar refractivity (Wildman–Crippen MR) is 56.5 cm³/mol. The molecular formula is C10H11BrFNO. The van der Waals surface area contributed by atoms with Crippen LogP contribution in [-0.2, 0) is 11.2 Å². The Morgan fingerprint density at radius 3 is 2.86 bits per heavy atom. The van der Waals surface area contributed by atoms with Crippen molar-refractivity contribution < 1.29 is 9.18 Å². The maximum absolute atomic E-state index is 12.8. The van der Waals surface area contributed by atoms with Crippen molar-refractivity contribution in [1.29, 1.82) is 0 Å². The number of carbonyl (C=O) groups is 1. The van der Waals surface area contributed by atoms with Crippen LogP contribution in [0.3, 0.4) is 0 Å². The summed E-state index contributed by atoms with van der Waals surface area (Å²) in [5, 5.41) is 0. The van der Waals surface area contributed by atoms with Gasteiger partial charge < -0.3 is 5.73 Å². The van der Waals surface area contributed by atoms with Gasteiger partial charge in [0.25, 0.3) is 0 Å². The van der Waals surface area contributed by atoms with Gasteiger partial charge in [0.05, 0.1) is 6.04 Å². The van der Waals surface area contributed by atoms with E-state index in [0.29, 0.717) is 5.56 Å². The number of nitrogens with two attached hydrogens (primary N) is 1. The van der Waals surface area contributed by atoms with E-state index in [0.717, 1.165) is 4.47 Å². The summed E-state index contributed by atoms with van der Waals surface area (Å²) >= 11 is 3.25. The zero-order valence-corrected chi connectivity index (χ0v) is 9.34. The van der Waals surface area contributed by atoms with Crippen molar-refractivity contribution in [1.82, 2.24) is 0 Å². The zero-order valence-electron chi connectivity index (χ0n) is 7.76. The first-order valence-electron chi connectivity index (χ1n) is 4.23. The monoisotopic (exact) mass is 259 g/mol. The van der Waals surface area contributed by atoms with Crippen LogP contribution in [0.25, 0.3) is 0 Å². The number of rotatable bonds is 3. The van der Waals surface area contributed by atoms with Crippen molar-refractivity contribution in [3.63, 3.8) is 0 Å². The molecule has 0 fully saturated rings. The van der Waals surface area contributed by atoms with Gasteiger partial charge in [-0.2, -0.15) is 0 Å². The van der Waals surface area contributed by atoms with Crippen molar-refractivity contribution in [2.45, 2.75) is 19.4 Å². The van der Waals surface area contributed by atoms with Crippen molar-refractivity contribution in [3.8, 4) is 0 Å². The van der Waals surface area contributed by atoms with Crippen LogP contribution in [0.2, 0.25) is 0 Å². The second-order valence-corrected chi connectivity index (χ2v) is 4.02. The van der Waals surface area contributed by atoms with Gasteiger partial charge in [-0.15, -0.1) is 0 Å². The molecule has 1 unspecified atom stereocenters. The molecule has 0 spiro atoms. The lowest BCUT2D eigenvalue weighted by Crippen LogP contribution is -2.28. The Morgan fingerprint density at radius 2 is 2.29 bits per heavy atom. The second kappa shape index (κ2) is 4.66. The maximum Gasteiger partial charge on any atom is 0.153 e. The van der Waals surface area contributed by atoms with E-state index in [4.69, 9.17) is 5.73 Å². The predicted octanol–water partition coefficient (Wildman–Crippen LogP) is 2.05. The van der Waals surface area contributed by atoms with Gasteiger partial charge in [0.15, 0.2) is 5.78 Å². The number of carbonyl (C=O) groups excluding carboxylic acids is 1. The SMILES string of the molecule is CC(N)C(=O)Cc1cc(F)ccc1Br. The Labute approximate surface area is 90.4 Å². The Balaban J connectivity index is 2.86. The van der Waals surface area contributed by atoms with Crippen LogP contribution in [0.15, 0.2) is 22.7 Å². The minimum Gasteiger partial charge on any atom is -0.322 e. The third kappa shape index (κ3) is 2.89. The van der Waals surface area contributed by atoms with Gasteiger partial charge >= 0.3 is 0 Å².